The van der Waals surface area contributed by atoms with E-state index in [0.717, 1.165) is 45.3 Å². The van der Waals surface area contributed by atoms with Gasteiger partial charge in [0, 0.05) is 18.1 Å². The van der Waals surface area contributed by atoms with Crippen molar-refractivity contribution in [3.63, 3.8) is 0 Å². The van der Waals surface area contributed by atoms with E-state index in [9.17, 15) is 5.11 Å². The number of aliphatic hydroxyl groups is 1. The van der Waals surface area contributed by atoms with Gasteiger partial charge in [-0.05, 0) is 49.5 Å². The normalized spacial score (nSPS) is 19.8. The molecular formula is C13H20O2S. The summed E-state index contributed by atoms with van der Waals surface area (Å²) in [4.78, 5) is 1.43. The SMILES string of the molecule is OC(CCCc1cccs1)C1CCOCC1. The molecule has 1 aliphatic heterocycles. The molecular weight excluding hydrogens is 220 g/mol. The van der Waals surface area contributed by atoms with Crippen LogP contribution in [0.5, 0.6) is 0 Å². The van der Waals surface area contributed by atoms with E-state index in [1.165, 1.54) is 4.88 Å². The zero-order valence-corrected chi connectivity index (χ0v) is 10.4. The molecule has 0 bridgehead atoms. The topological polar surface area (TPSA) is 29.5 Å². The van der Waals surface area contributed by atoms with Gasteiger partial charge in [0.1, 0.15) is 0 Å². The largest absolute Gasteiger partial charge is 0.393 e. The maximum absolute atomic E-state index is 10.1. The summed E-state index contributed by atoms with van der Waals surface area (Å²) in [5.41, 5.74) is 0. The van der Waals surface area contributed by atoms with Crippen LogP contribution in [-0.4, -0.2) is 24.4 Å². The van der Waals surface area contributed by atoms with E-state index >= 15 is 0 Å². The van der Waals surface area contributed by atoms with E-state index in [0.29, 0.717) is 5.92 Å². The Hall–Kier alpha value is -0.380. The highest BCUT2D eigenvalue weighted by molar-refractivity contribution is 7.09. The number of aliphatic hydroxyl groups excluding tert-OH is 1. The minimum atomic E-state index is -0.121. The molecule has 1 aliphatic rings. The number of thiophene rings is 1. The van der Waals surface area contributed by atoms with Crippen molar-refractivity contribution < 1.29 is 9.84 Å². The molecule has 2 nitrogen and oxygen atoms in total. The lowest BCUT2D eigenvalue weighted by Crippen LogP contribution is -2.27. The molecule has 2 heterocycles. The molecule has 2 rings (SSSR count). The van der Waals surface area contributed by atoms with Crippen LogP contribution in [0, 0.1) is 5.92 Å². The molecule has 1 N–H and O–H groups in total. The third-order valence-corrected chi connectivity index (χ3v) is 4.25. The Balaban J connectivity index is 1.65. The first-order valence-corrected chi connectivity index (χ1v) is 7.02. The van der Waals surface area contributed by atoms with Crippen molar-refractivity contribution in [2.45, 2.75) is 38.2 Å². The molecule has 1 aromatic heterocycles. The van der Waals surface area contributed by atoms with Crippen molar-refractivity contribution in [3.8, 4) is 0 Å². The van der Waals surface area contributed by atoms with Gasteiger partial charge in [0.15, 0.2) is 0 Å². The summed E-state index contributed by atoms with van der Waals surface area (Å²) in [6, 6.07) is 4.26. The minimum absolute atomic E-state index is 0.121. The van der Waals surface area contributed by atoms with Crippen molar-refractivity contribution in [1.82, 2.24) is 0 Å². The van der Waals surface area contributed by atoms with Crippen molar-refractivity contribution >= 4 is 11.3 Å². The monoisotopic (exact) mass is 240 g/mol. The first kappa shape index (κ1) is 12.1. The molecule has 0 saturated carbocycles. The van der Waals surface area contributed by atoms with Crippen molar-refractivity contribution in [1.29, 1.82) is 0 Å². The zero-order valence-electron chi connectivity index (χ0n) is 9.60. The second kappa shape index (κ2) is 6.38. The lowest BCUT2D eigenvalue weighted by Gasteiger charge is -2.26. The second-order valence-corrected chi connectivity index (χ2v) is 5.52. The van der Waals surface area contributed by atoms with E-state index < -0.39 is 0 Å². The van der Waals surface area contributed by atoms with E-state index in [2.05, 4.69) is 17.5 Å². The average Bonchev–Trinajstić information content (AvgIpc) is 2.83. The van der Waals surface area contributed by atoms with Crippen LogP contribution in [0.2, 0.25) is 0 Å². The summed E-state index contributed by atoms with van der Waals surface area (Å²) in [5.74, 6) is 0.470. The van der Waals surface area contributed by atoms with Crippen LogP contribution >= 0.6 is 11.3 Å². The number of aryl methyl sites for hydroxylation is 1. The van der Waals surface area contributed by atoms with Gasteiger partial charge in [-0.3, -0.25) is 0 Å². The predicted molar refractivity (Wildman–Crippen MR) is 66.8 cm³/mol. The van der Waals surface area contributed by atoms with Gasteiger partial charge >= 0.3 is 0 Å². The van der Waals surface area contributed by atoms with E-state index in [1.54, 1.807) is 0 Å². The Kier molecular flexibility index (Phi) is 4.82. The van der Waals surface area contributed by atoms with Gasteiger partial charge in [0.05, 0.1) is 6.10 Å². The third kappa shape index (κ3) is 3.58. The predicted octanol–water partition coefficient (Wildman–Crippen LogP) is 2.86. The first-order chi connectivity index (χ1) is 7.86. The molecule has 90 valence electrons. The number of hydrogen-bond donors (Lipinski definition) is 1. The highest BCUT2D eigenvalue weighted by atomic mass is 32.1. The van der Waals surface area contributed by atoms with Gasteiger partial charge in [-0.15, -0.1) is 11.3 Å². The molecule has 0 aliphatic carbocycles. The number of ether oxygens (including phenoxy) is 1. The lowest BCUT2D eigenvalue weighted by molar-refractivity contribution is 0.00437. The van der Waals surface area contributed by atoms with E-state index in [-0.39, 0.29) is 6.10 Å². The van der Waals surface area contributed by atoms with Crippen molar-refractivity contribution in [3.05, 3.63) is 22.4 Å². The molecule has 0 radical (unpaired) electrons. The molecule has 1 fully saturated rings. The highest BCUT2D eigenvalue weighted by Crippen LogP contribution is 2.22. The Bertz CT molecular complexity index is 278. The van der Waals surface area contributed by atoms with E-state index in [1.807, 2.05) is 11.3 Å². The smallest absolute Gasteiger partial charge is 0.0570 e. The molecule has 0 aromatic carbocycles. The standard InChI is InChI=1S/C13H20O2S/c14-13(11-6-8-15-9-7-11)5-1-3-12-4-2-10-16-12/h2,4,10-11,13-14H,1,3,5-9H2. The maximum Gasteiger partial charge on any atom is 0.0570 e. The Morgan fingerprint density at radius 1 is 1.44 bits per heavy atom. The van der Waals surface area contributed by atoms with Crippen LogP contribution in [0.1, 0.15) is 30.6 Å². The minimum Gasteiger partial charge on any atom is -0.393 e. The van der Waals surface area contributed by atoms with Gasteiger partial charge in [0.2, 0.25) is 0 Å². The molecule has 1 aromatic rings. The second-order valence-electron chi connectivity index (χ2n) is 4.49. The van der Waals surface area contributed by atoms with E-state index in [4.69, 9.17) is 4.74 Å². The molecule has 1 unspecified atom stereocenters. The fourth-order valence-electron chi connectivity index (χ4n) is 2.28. The lowest BCUT2D eigenvalue weighted by atomic mass is 9.91. The summed E-state index contributed by atoms with van der Waals surface area (Å²) < 4.78 is 5.30. The Morgan fingerprint density at radius 2 is 2.25 bits per heavy atom. The quantitative estimate of drug-likeness (QED) is 0.857. The van der Waals surface area contributed by atoms with Crippen LogP contribution in [0.4, 0.5) is 0 Å². The fourth-order valence-corrected chi connectivity index (χ4v) is 3.03. The van der Waals surface area contributed by atoms with Gasteiger partial charge in [-0.1, -0.05) is 6.07 Å². The fraction of sp³-hybridized carbons (Fsp3) is 0.692. The first-order valence-electron chi connectivity index (χ1n) is 6.14. The zero-order chi connectivity index (χ0) is 11.2. The summed E-state index contributed by atoms with van der Waals surface area (Å²) in [5, 5.41) is 12.2. The summed E-state index contributed by atoms with van der Waals surface area (Å²) in [6.07, 6.45) is 5.07. The van der Waals surface area contributed by atoms with Crippen LogP contribution < -0.4 is 0 Å². The highest BCUT2D eigenvalue weighted by Gasteiger charge is 2.21. The Morgan fingerprint density at radius 3 is 2.94 bits per heavy atom. The van der Waals surface area contributed by atoms with Crippen molar-refractivity contribution in [2.24, 2.45) is 5.92 Å². The third-order valence-electron chi connectivity index (χ3n) is 3.31. The van der Waals surface area contributed by atoms with Crippen molar-refractivity contribution in [2.75, 3.05) is 13.2 Å². The van der Waals surface area contributed by atoms with Gasteiger partial charge in [-0.25, -0.2) is 0 Å². The molecule has 1 saturated heterocycles. The van der Waals surface area contributed by atoms with Gasteiger partial charge in [-0.2, -0.15) is 0 Å². The number of hydrogen-bond acceptors (Lipinski definition) is 3. The van der Waals surface area contributed by atoms with Crippen LogP contribution in [-0.2, 0) is 11.2 Å². The van der Waals surface area contributed by atoms with Crippen LogP contribution in [0.3, 0.4) is 0 Å². The van der Waals surface area contributed by atoms with Gasteiger partial charge in [0.25, 0.3) is 0 Å². The molecule has 3 heteroatoms. The molecule has 0 amide bonds. The summed E-state index contributed by atoms with van der Waals surface area (Å²) in [6.45, 7) is 1.65. The summed E-state index contributed by atoms with van der Waals surface area (Å²) in [7, 11) is 0. The average molecular weight is 240 g/mol. The summed E-state index contributed by atoms with van der Waals surface area (Å²) >= 11 is 1.81. The molecule has 1 atom stereocenters. The van der Waals surface area contributed by atoms with Crippen LogP contribution in [0.25, 0.3) is 0 Å². The molecule has 0 spiro atoms. The molecule has 16 heavy (non-hydrogen) atoms. The van der Waals surface area contributed by atoms with Crippen LogP contribution in [0.15, 0.2) is 17.5 Å². The van der Waals surface area contributed by atoms with Gasteiger partial charge < -0.3 is 9.84 Å². The maximum atomic E-state index is 10.1. The number of rotatable bonds is 5. The Labute approximate surface area is 101 Å².